The first-order valence-electron chi connectivity index (χ1n) is 8.11. The summed E-state index contributed by atoms with van der Waals surface area (Å²) in [5, 5.41) is 0. The Labute approximate surface area is 151 Å². The number of benzene rings is 2. The Morgan fingerprint density at radius 2 is 1.73 bits per heavy atom. The van der Waals surface area contributed by atoms with Gasteiger partial charge in [0.2, 0.25) is 0 Å². The molecule has 26 heavy (non-hydrogen) atoms. The van der Waals surface area contributed by atoms with E-state index in [4.69, 9.17) is 14.2 Å². The Kier molecular flexibility index (Phi) is 5.03. The monoisotopic (exact) mass is 377 g/mol. The van der Waals surface area contributed by atoms with Crippen molar-refractivity contribution >= 4 is 21.7 Å². The Morgan fingerprint density at radius 3 is 2.38 bits per heavy atom. The zero-order valence-corrected chi connectivity index (χ0v) is 15.3. The molecule has 2 aromatic carbocycles. The average Bonchev–Trinajstić information content (AvgIpc) is 2.62. The molecule has 8 heteroatoms. The molecular weight excluding hydrogens is 358 g/mol. The highest BCUT2D eigenvalue weighted by Gasteiger charge is 2.27. The number of esters is 1. The van der Waals surface area contributed by atoms with Crippen molar-refractivity contribution in [1.29, 1.82) is 0 Å². The predicted molar refractivity (Wildman–Crippen MR) is 95.4 cm³/mol. The van der Waals surface area contributed by atoms with E-state index in [2.05, 4.69) is 4.72 Å². The van der Waals surface area contributed by atoms with E-state index in [0.29, 0.717) is 0 Å². The maximum absolute atomic E-state index is 12.6. The van der Waals surface area contributed by atoms with Gasteiger partial charge in [0.1, 0.15) is 18.8 Å². The summed E-state index contributed by atoms with van der Waals surface area (Å²) in [6, 6.07) is 9.40. The summed E-state index contributed by atoms with van der Waals surface area (Å²) in [4.78, 5) is 12.2. The zero-order chi connectivity index (χ0) is 18.7. The largest absolute Gasteiger partial charge is 0.485 e. The van der Waals surface area contributed by atoms with Gasteiger partial charge >= 0.3 is 5.97 Å². The zero-order valence-electron chi connectivity index (χ0n) is 14.4. The molecule has 3 rings (SSSR count). The lowest BCUT2D eigenvalue weighted by atomic mass is 10.1. The SMILES string of the molecule is CCOC(=O)c1ccc(NS(=O)(=O)c2ccc(C)cc2)c2c1OCCO2. The van der Waals surface area contributed by atoms with Gasteiger partial charge in [-0.3, -0.25) is 4.72 Å². The van der Waals surface area contributed by atoms with E-state index in [1.807, 2.05) is 6.92 Å². The van der Waals surface area contributed by atoms with Crippen molar-refractivity contribution in [2.45, 2.75) is 18.7 Å². The van der Waals surface area contributed by atoms with Crippen molar-refractivity contribution in [1.82, 2.24) is 0 Å². The first-order chi connectivity index (χ1) is 12.4. The molecule has 2 aromatic rings. The molecule has 0 radical (unpaired) electrons. The summed E-state index contributed by atoms with van der Waals surface area (Å²) in [5.74, 6) is -0.196. The van der Waals surface area contributed by atoms with Crippen LogP contribution in [0.5, 0.6) is 11.5 Å². The van der Waals surface area contributed by atoms with Gasteiger partial charge in [-0.05, 0) is 38.1 Å². The van der Waals surface area contributed by atoms with E-state index >= 15 is 0 Å². The van der Waals surface area contributed by atoms with Crippen LogP contribution in [0.25, 0.3) is 0 Å². The number of hydrogen-bond donors (Lipinski definition) is 1. The molecule has 1 N–H and O–H groups in total. The van der Waals surface area contributed by atoms with Gasteiger partial charge in [0.15, 0.2) is 11.5 Å². The van der Waals surface area contributed by atoms with Crippen molar-refractivity contribution < 1.29 is 27.4 Å². The third-order valence-electron chi connectivity index (χ3n) is 3.76. The molecule has 0 atom stereocenters. The highest BCUT2D eigenvalue weighted by Crippen LogP contribution is 2.41. The summed E-state index contributed by atoms with van der Waals surface area (Å²) in [6.07, 6.45) is 0. The molecule has 7 nitrogen and oxygen atoms in total. The number of anilines is 1. The van der Waals surface area contributed by atoms with E-state index in [1.54, 1.807) is 19.1 Å². The van der Waals surface area contributed by atoms with Crippen LogP contribution in [0, 0.1) is 6.92 Å². The fourth-order valence-corrected chi connectivity index (χ4v) is 3.57. The second kappa shape index (κ2) is 7.25. The molecule has 1 aliphatic rings. The highest BCUT2D eigenvalue weighted by atomic mass is 32.2. The maximum Gasteiger partial charge on any atom is 0.342 e. The van der Waals surface area contributed by atoms with Crippen molar-refractivity contribution in [3.05, 3.63) is 47.5 Å². The molecule has 1 heterocycles. The molecule has 0 saturated carbocycles. The van der Waals surface area contributed by atoms with Crippen LogP contribution in [0.1, 0.15) is 22.8 Å². The maximum atomic E-state index is 12.6. The number of sulfonamides is 1. The standard InChI is InChI=1S/C18H19NO6S/c1-3-23-18(20)14-8-9-15(17-16(14)24-10-11-25-17)19-26(21,22)13-6-4-12(2)5-7-13/h4-9,19H,3,10-11H2,1-2H3. The Morgan fingerprint density at radius 1 is 1.08 bits per heavy atom. The van der Waals surface area contributed by atoms with Crippen molar-refractivity contribution in [2.75, 3.05) is 24.5 Å². The number of hydrogen-bond acceptors (Lipinski definition) is 6. The van der Waals surface area contributed by atoms with E-state index in [9.17, 15) is 13.2 Å². The molecule has 0 amide bonds. The van der Waals surface area contributed by atoms with Crippen LogP contribution in [0.3, 0.4) is 0 Å². The van der Waals surface area contributed by atoms with Gasteiger partial charge < -0.3 is 14.2 Å². The number of ether oxygens (including phenoxy) is 3. The number of fused-ring (bicyclic) bond motifs is 1. The lowest BCUT2D eigenvalue weighted by molar-refractivity contribution is 0.0516. The smallest absolute Gasteiger partial charge is 0.342 e. The van der Waals surface area contributed by atoms with Crippen LogP contribution in [-0.4, -0.2) is 34.2 Å². The van der Waals surface area contributed by atoms with E-state index in [-0.39, 0.29) is 47.5 Å². The van der Waals surface area contributed by atoms with Gasteiger partial charge in [-0.1, -0.05) is 17.7 Å². The van der Waals surface area contributed by atoms with Gasteiger partial charge in [0, 0.05) is 0 Å². The van der Waals surface area contributed by atoms with Crippen LogP contribution in [0.4, 0.5) is 5.69 Å². The molecule has 0 aliphatic carbocycles. The molecule has 0 fully saturated rings. The molecule has 0 aromatic heterocycles. The summed E-state index contributed by atoms with van der Waals surface area (Å²) in [6.45, 7) is 4.30. The summed E-state index contributed by atoms with van der Waals surface area (Å²) in [5.41, 5.74) is 1.35. The highest BCUT2D eigenvalue weighted by molar-refractivity contribution is 7.92. The summed E-state index contributed by atoms with van der Waals surface area (Å²) < 4.78 is 43.8. The number of rotatable bonds is 5. The quantitative estimate of drug-likeness (QED) is 0.806. The number of nitrogens with one attached hydrogen (secondary N) is 1. The molecular formula is C18H19NO6S. The van der Waals surface area contributed by atoms with Crippen molar-refractivity contribution in [3.8, 4) is 11.5 Å². The van der Waals surface area contributed by atoms with Crippen LogP contribution < -0.4 is 14.2 Å². The third kappa shape index (κ3) is 3.60. The molecule has 1 aliphatic heterocycles. The van der Waals surface area contributed by atoms with Gasteiger partial charge in [0.25, 0.3) is 10.0 Å². The number of carbonyl (C=O) groups is 1. The predicted octanol–water partition coefficient (Wildman–Crippen LogP) is 2.74. The topological polar surface area (TPSA) is 90.9 Å². The summed E-state index contributed by atoms with van der Waals surface area (Å²) >= 11 is 0. The first kappa shape index (κ1) is 18.1. The van der Waals surface area contributed by atoms with Crippen LogP contribution in [-0.2, 0) is 14.8 Å². The van der Waals surface area contributed by atoms with Gasteiger partial charge in [-0.25, -0.2) is 13.2 Å². The van der Waals surface area contributed by atoms with Crippen molar-refractivity contribution in [2.24, 2.45) is 0 Å². The fraction of sp³-hybridized carbons (Fsp3) is 0.278. The van der Waals surface area contributed by atoms with Gasteiger partial charge in [0.05, 0.1) is 17.2 Å². The van der Waals surface area contributed by atoms with Gasteiger partial charge in [-0.15, -0.1) is 0 Å². The van der Waals surface area contributed by atoms with E-state index < -0.39 is 16.0 Å². The molecule has 0 unspecified atom stereocenters. The normalized spacial score (nSPS) is 13.2. The van der Waals surface area contributed by atoms with Gasteiger partial charge in [-0.2, -0.15) is 0 Å². The molecule has 138 valence electrons. The average molecular weight is 377 g/mol. The minimum Gasteiger partial charge on any atom is -0.485 e. The second-order valence-electron chi connectivity index (χ2n) is 5.65. The van der Waals surface area contributed by atoms with E-state index in [0.717, 1.165) is 5.56 Å². The van der Waals surface area contributed by atoms with Crippen LogP contribution >= 0.6 is 0 Å². The molecule has 0 saturated heterocycles. The first-order valence-corrected chi connectivity index (χ1v) is 9.60. The minimum absolute atomic E-state index is 0.128. The number of aryl methyl sites for hydroxylation is 1. The Bertz CT molecular complexity index is 921. The Hall–Kier alpha value is -2.74. The lowest BCUT2D eigenvalue weighted by Gasteiger charge is -2.23. The fourth-order valence-electron chi connectivity index (χ4n) is 2.51. The van der Waals surface area contributed by atoms with Crippen LogP contribution in [0.2, 0.25) is 0 Å². The lowest BCUT2D eigenvalue weighted by Crippen LogP contribution is -2.21. The van der Waals surface area contributed by atoms with E-state index in [1.165, 1.54) is 24.3 Å². The Balaban J connectivity index is 1.98. The molecule has 0 spiro atoms. The minimum atomic E-state index is -3.81. The third-order valence-corrected chi connectivity index (χ3v) is 5.14. The second-order valence-corrected chi connectivity index (χ2v) is 7.34. The van der Waals surface area contributed by atoms with Crippen molar-refractivity contribution in [3.63, 3.8) is 0 Å². The summed E-state index contributed by atoms with van der Waals surface area (Å²) in [7, 11) is -3.81. The molecule has 0 bridgehead atoms. The van der Waals surface area contributed by atoms with Crippen LogP contribution in [0.15, 0.2) is 41.3 Å². The number of carbonyl (C=O) groups excluding carboxylic acids is 1.